The van der Waals surface area contributed by atoms with E-state index in [9.17, 15) is 0 Å². The second-order valence-electron chi connectivity index (χ2n) is 4.18. The van der Waals surface area contributed by atoms with E-state index in [1.807, 2.05) is 11.3 Å². The van der Waals surface area contributed by atoms with E-state index < -0.39 is 0 Å². The maximum atomic E-state index is 3.70. The van der Waals surface area contributed by atoms with Crippen molar-refractivity contribution in [3.8, 4) is 0 Å². The molecule has 0 aromatic carbocycles. The number of hydrogen-bond acceptors (Lipinski definition) is 2. The highest BCUT2D eigenvalue weighted by molar-refractivity contribution is 7.10. The van der Waals surface area contributed by atoms with Crippen molar-refractivity contribution in [2.24, 2.45) is 5.92 Å². The molecule has 1 aromatic rings. The third-order valence-corrected chi connectivity index (χ3v) is 3.46. The van der Waals surface area contributed by atoms with Gasteiger partial charge in [0.2, 0.25) is 0 Å². The molecule has 0 radical (unpaired) electrons. The summed E-state index contributed by atoms with van der Waals surface area (Å²) in [4.78, 5) is 1.49. The van der Waals surface area contributed by atoms with Gasteiger partial charge in [0.05, 0.1) is 0 Å². The lowest BCUT2D eigenvalue weighted by Crippen LogP contribution is -2.26. The van der Waals surface area contributed by atoms with Crippen LogP contribution in [-0.2, 0) is 0 Å². The first-order valence-electron chi connectivity index (χ1n) is 5.07. The third-order valence-electron chi connectivity index (χ3n) is 2.51. The number of rotatable bonds is 4. The topological polar surface area (TPSA) is 12.0 Å². The van der Waals surface area contributed by atoms with Crippen LogP contribution in [0.3, 0.4) is 0 Å². The Labute approximate surface area is 84.2 Å². The van der Waals surface area contributed by atoms with E-state index in [0.717, 1.165) is 6.04 Å². The van der Waals surface area contributed by atoms with Gasteiger partial charge < -0.3 is 5.32 Å². The first-order valence-corrected chi connectivity index (χ1v) is 5.95. The van der Waals surface area contributed by atoms with Crippen molar-refractivity contribution in [2.75, 3.05) is 0 Å². The predicted molar refractivity (Wildman–Crippen MR) is 58.1 cm³/mol. The summed E-state index contributed by atoms with van der Waals surface area (Å²) in [5.41, 5.74) is 0. The largest absolute Gasteiger partial charge is 0.306 e. The van der Waals surface area contributed by atoms with E-state index in [1.165, 1.54) is 17.7 Å². The minimum Gasteiger partial charge on any atom is -0.306 e. The number of hydrogen-bond donors (Lipinski definition) is 1. The van der Waals surface area contributed by atoms with Crippen molar-refractivity contribution in [3.63, 3.8) is 0 Å². The molecule has 0 aliphatic heterocycles. The average molecular weight is 195 g/mol. The molecule has 1 N–H and O–H groups in total. The predicted octanol–water partition coefficient (Wildman–Crippen LogP) is 3.20. The number of nitrogens with one attached hydrogen (secondary N) is 1. The summed E-state index contributed by atoms with van der Waals surface area (Å²) in [6.45, 7) is 4.58. The van der Waals surface area contributed by atoms with Crippen LogP contribution in [-0.4, -0.2) is 6.04 Å². The molecular weight excluding hydrogens is 178 g/mol. The molecule has 1 atom stereocenters. The monoisotopic (exact) mass is 195 g/mol. The summed E-state index contributed by atoms with van der Waals surface area (Å²) in [5.74, 6) is 0.694. The highest BCUT2D eigenvalue weighted by Crippen LogP contribution is 2.30. The lowest BCUT2D eigenvalue weighted by atomic mass is 10.0. The summed E-state index contributed by atoms with van der Waals surface area (Å²) in [7, 11) is 0. The molecule has 2 heteroatoms. The molecule has 1 fully saturated rings. The lowest BCUT2D eigenvalue weighted by Gasteiger charge is -2.20. The Morgan fingerprint density at radius 1 is 1.46 bits per heavy atom. The van der Waals surface area contributed by atoms with E-state index in [-0.39, 0.29) is 0 Å². The minimum atomic E-state index is 0.576. The zero-order chi connectivity index (χ0) is 9.26. The van der Waals surface area contributed by atoms with E-state index in [1.54, 1.807) is 0 Å². The van der Waals surface area contributed by atoms with Crippen LogP contribution in [0.4, 0.5) is 0 Å². The maximum Gasteiger partial charge on any atom is 0.0440 e. The van der Waals surface area contributed by atoms with E-state index in [0.29, 0.717) is 12.0 Å². The SMILES string of the molecule is CC(C)C(NC1CC1)c1cccs1. The normalized spacial score (nSPS) is 19.3. The van der Waals surface area contributed by atoms with Gasteiger partial charge in [-0.2, -0.15) is 0 Å². The van der Waals surface area contributed by atoms with E-state index in [4.69, 9.17) is 0 Å². The Bertz CT molecular complexity index is 249. The molecular formula is C11H17NS. The van der Waals surface area contributed by atoms with Crippen molar-refractivity contribution < 1.29 is 0 Å². The fourth-order valence-electron chi connectivity index (χ4n) is 1.58. The Morgan fingerprint density at radius 2 is 2.23 bits per heavy atom. The van der Waals surface area contributed by atoms with Crippen LogP contribution >= 0.6 is 11.3 Å². The molecule has 0 saturated heterocycles. The molecule has 72 valence electrons. The van der Waals surface area contributed by atoms with Crippen LogP contribution in [0, 0.1) is 5.92 Å². The van der Waals surface area contributed by atoms with E-state index in [2.05, 4.69) is 36.7 Å². The Morgan fingerprint density at radius 3 is 2.69 bits per heavy atom. The maximum absolute atomic E-state index is 3.70. The molecule has 0 bridgehead atoms. The number of thiophene rings is 1. The quantitative estimate of drug-likeness (QED) is 0.778. The zero-order valence-electron chi connectivity index (χ0n) is 8.29. The zero-order valence-corrected chi connectivity index (χ0v) is 9.10. The van der Waals surface area contributed by atoms with Gasteiger partial charge in [-0.3, -0.25) is 0 Å². The molecule has 1 aromatic heterocycles. The average Bonchev–Trinajstić information content (AvgIpc) is 2.75. The summed E-state index contributed by atoms with van der Waals surface area (Å²) in [5, 5.41) is 5.87. The molecule has 13 heavy (non-hydrogen) atoms. The van der Waals surface area contributed by atoms with E-state index >= 15 is 0 Å². The minimum absolute atomic E-state index is 0.576. The molecule has 1 nitrogen and oxygen atoms in total. The van der Waals surface area contributed by atoms with Gasteiger partial charge in [-0.05, 0) is 30.2 Å². The van der Waals surface area contributed by atoms with Crippen molar-refractivity contribution in [3.05, 3.63) is 22.4 Å². The van der Waals surface area contributed by atoms with Gasteiger partial charge in [-0.25, -0.2) is 0 Å². The molecule has 1 heterocycles. The van der Waals surface area contributed by atoms with Crippen LogP contribution < -0.4 is 5.32 Å². The van der Waals surface area contributed by atoms with Crippen molar-refractivity contribution in [1.82, 2.24) is 5.32 Å². The molecule has 1 saturated carbocycles. The summed E-state index contributed by atoms with van der Waals surface area (Å²) in [6.07, 6.45) is 2.74. The molecule has 0 amide bonds. The third kappa shape index (κ3) is 2.32. The Balaban J connectivity index is 2.04. The van der Waals surface area contributed by atoms with Gasteiger partial charge in [0, 0.05) is 17.0 Å². The van der Waals surface area contributed by atoms with Crippen LogP contribution in [0.15, 0.2) is 17.5 Å². The fourth-order valence-corrected chi connectivity index (χ4v) is 2.53. The van der Waals surface area contributed by atoms with Crippen molar-refractivity contribution >= 4 is 11.3 Å². The summed E-state index contributed by atoms with van der Waals surface area (Å²) >= 11 is 1.87. The molecule has 1 aliphatic carbocycles. The molecule has 1 aliphatic rings. The molecule has 2 rings (SSSR count). The highest BCUT2D eigenvalue weighted by atomic mass is 32.1. The van der Waals surface area contributed by atoms with Gasteiger partial charge in [0.15, 0.2) is 0 Å². The summed E-state index contributed by atoms with van der Waals surface area (Å²) in [6, 6.07) is 5.76. The van der Waals surface area contributed by atoms with Gasteiger partial charge in [-0.1, -0.05) is 19.9 Å². The Kier molecular flexibility index (Phi) is 2.70. The first kappa shape index (κ1) is 9.22. The second-order valence-corrected chi connectivity index (χ2v) is 5.16. The van der Waals surface area contributed by atoms with Crippen LogP contribution in [0.25, 0.3) is 0 Å². The second kappa shape index (κ2) is 3.81. The molecule has 0 spiro atoms. The smallest absolute Gasteiger partial charge is 0.0440 e. The van der Waals surface area contributed by atoms with Gasteiger partial charge in [0.1, 0.15) is 0 Å². The van der Waals surface area contributed by atoms with Gasteiger partial charge >= 0.3 is 0 Å². The van der Waals surface area contributed by atoms with Crippen molar-refractivity contribution in [2.45, 2.75) is 38.8 Å². The molecule has 1 unspecified atom stereocenters. The van der Waals surface area contributed by atoms with Crippen LogP contribution in [0.2, 0.25) is 0 Å². The van der Waals surface area contributed by atoms with Crippen molar-refractivity contribution in [1.29, 1.82) is 0 Å². The highest BCUT2D eigenvalue weighted by Gasteiger charge is 2.27. The van der Waals surface area contributed by atoms with Crippen LogP contribution in [0.5, 0.6) is 0 Å². The van der Waals surface area contributed by atoms with Crippen LogP contribution in [0.1, 0.15) is 37.6 Å². The standard InChI is InChI=1S/C11H17NS/c1-8(2)11(12-9-5-6-9)10-4-3-7-13-10/h3-4,7-9,11-12H,5-6H2,1-2H3. The lowest BCUT2D eigenvalue weighted by molar-refractivity contribution is 0.415. The van der Waals surface area contributed by atoms with Gasteiger partial charge in [-0.15, -0.1) is 11.3 Å². The summed E-state index contributed by atoms with van der Waals surface area (Å²) < 4.78 is 0. The van der Waals surface area contributed by atoms with Gasteiger partial charge in [0.25, 0.3) is 0 Å². The first-order chi connectivity index (χ1) is 6.27. The Hall–Kier alpha value is -0.340. The fraction of sp³-hybridized carbons (Fsp3) is 0.636.